The van der Waals surface area contributed by atoms with Crippen LogP contribution in [0.5, 0.6) is 0 Å². The Balaban J connectivity index is 1.62. The average Bonchev–Trinajstić information content (AvgIpc) is 3.16. The van der Waals surface area contributed by atoms with Gasteiger partial charge >= 0.3 is 0 Å². The van der Waals surface area contributed by atoms with E-state index in [1.54, 1.807) is 0 Å². The van der Waals surface area contributed by atoms with Crippen molar-refractivity contribution in [3.63, 3.8) is 0 Å². The van der Waals surface area contributed by atoms with Gasteiger partial charge in [0.05, 0.1) is 6.04 Å². The van der Waals surface area contributed by atoms with Crippen LogP contribution in [0.25, 0.3) is 0 Å². The number of nitrogens with one attached hydrogen (secondary N) is 1. The summed E-state index contributed by atoms with van der Waals surface area (Å²) in [5, 5.41) is 3.64. The first-order valence-electron chi connectivity index (χ1n) is 8.55. The lowest BCUT2D eigenvalue weighted by Gasteiger charge is -2.37. The van der Waals surface area contributed by atoms with E-state index in [4.69, 9.17) is 0 Å². The second kappa shape index (κ2) is 6.44. The highest BCUT2D eigenvalue weighted by Gasteiger charge is 2.38. The number of piperidine rings is 1. The second-order valence-corrected chi connectivity index (χ2v) is 6.71. The minimum Gasteiger partial charge on any atom is -0.341 e. The van der Waals surface area contributed by atoms with Crippen LogP contribution in [0.4, 0.5) is 0 Å². The molecule has 0 aromatic rings. The van der Waals surface area contributed by atoms with E-state index >= 15 is 0 Å². The Morgan fingerprint density at radius 3 is 2.55 bits per heavy atom. The van der Waals surface area contributed by atoms with Crippen molar-refractivity contribution in [2.75, 3.05) is 26.2 Å². The molecule has 0 bridgehead atoms. The minimum absolute atomic E-state index is 0.0722. The van der Waals surface area contributed by atoms with E-state index in [0.717, 1.165) is 26.2 Å². The number of rotatable bonds is 3. The maximum Gasteiger partial charge on any atom is 0.239 e. The molecule has 3 atom stereocenters. The predicted octanol–water partition coefficient (Wildman–Crippen LogP) is 1.60. The van der Waals surface area contributed by atoms with Crippen molar-refractivity contribution in [2.24, 2.45) is 0 Å². The van der Waals surface area contributed by atoms with E-state index in [-0.39, 0.29) is 6.04 Å². The first-order chi connectivity index (χ1) is 9.77. The number of nitrogens with zero attached hydrogens (tertiary/aromatic N) is 2. The van der Waals surface area contributed by atoms with Crippen LogP contribution in [-0.4, -0.2) is 60.0 Å². The van der Waals surface area contributed by atoms with Crippen LogP contribution in [0.1, 0.15) is 51.9 Å². The number of amides is 1. The third kappa shape index (κ3) is 2.86. The largest absolute Gasteiger partial charge is 0.341 e. The first-order valence-corrected chi connectivity index (χ1v) is 8.55. The Morgan fingerprint density at radius 1 is 1.05 bits per heavy atom. The molecule has 3 heterocycles. The Labute approximate surface area is 122 Å². The van der Waals surface area contributed by atoms with Gasteiger partial charge in [-0.1, -0.05) is 0 Å². The maximum atomic E-state index is 12.7. The Bertz CT molecular complexity index is 335. The van der Waals surface area contributed by atoms with Gasteiger partial charge in [0.15, 0.2) is 0 Å². The molecule has 4 heteroatoms. The molecule has 3 fully saturated rings. The Kier molecular flexibility index (Phi) is 4.61. The normalized spacial score (nSPS) is 33.5. The van der Waals surface area contributed by atoms with Gasteiger partial charge in [0.2, 0.25) is 5.91 Å². The molecule has 0 radical (unpaired) electrons. The lowest BCUT2D eigenvalue weighted by Crippen LogP contribution is -2.54. The molecule has 3 saturated heterocycles. The second-order valence-electron chi connectivity index (χ2n) is 6.71. The highest BCUT2D eigenvalue weighted by Crippen LogP contribution is 2.27. The van der Waals surface area contributed by atoms with Gasteiger partial charge in [0.25, 0.3) is 0 Å². The Hall–Kier alpha value is -0.610. The molecule has 3 aliphatic rings. The summed E-state index contributed by atoms with van der Waals surface area (Å²) >= 11 is 0. The number of likely N-dealkylation sites (tertiary alicyclic amines) is 2. The van der Waals surface area contributed by atoms with Gasteiger partial charge in [-0.15, -0.1) is 0 Å². The van der Waals surface area contributed by atoms with Crippen molar-refractivity contribution in [3.05, 3.63) is 0 Å². The highest BCUT2D eigenvalue weighted by atomic mass is 16.2. The molecule has 20 heavy (non-hydrogen) atoms. The molecule has 3 rings (SSSR count). The van der Waals surface area contributed by atoms with E-state index in [1.165, 1.54) is 44.9 Å². The van der Waals surface area contributed by atoms with Gasteiger partial charge in [-0.2, -0.15) is 0 Å². The topological polar surface area (TPSA) is 35.6 Å². The summed E-state index contributed by atoms with van der Waals surface area (Å²) in [5.74, 6) is 0.370. The molecule has 0 aromatic heterocycles. The molecular weight excluding hydrogens is 250 g/mol. The van der Waals surface area contributed by atoms with Gasteiger partial charge in [0.1, 0.15) is 0 Å². The van der Waals surface area contributed by atoms with Crippen molar-refractivity contribution in [1.29, 1.82) is 0 Å². The summed E-state index contributed by atoms with van der Waals surface area (Å²) in [4.78, 5) is 17.3. The smallest absolute Gasteiger partial charge is 0.239 e. The first kappa shape index (κ1) is 14.3. The number of carbonyl (C=O) groups is 1. The van der Waals surface area contributed by atoms with Gasteiger partial charge in [0, 0.05) is 25.2 Å². The van der Waals surface area contributed by atoms with Crippen LogP contribution in [0.2, 0.25) is 0 Å². The van der Waals surface area contributed by atoms with Gasteiger partial charge < -0.3 is 10.2 Å². The predicted molar refractivity (Wildman–Crippen MR) is 80.6 cm³/mol. The zero-order chi connectivity index (χ0) is 13.9. The van der Waals surface area contributed by atoms with E-state index in [2.05, 4.69) is 22.0 Å². The summed E-state index contributed by atoms with van der Waals surface area (Å²) in [6.45, 7) is 6.34. The zero-order valence-electron chi connectivity index (χ0n) is 12.8. The molecule has 0 saturated carbocycles. The van der Waals surface area contributed by atoms with Crippen LogP contribution < -0.4 is 5.32 Å². The van der Waals surface area contributed by atoms with Gasteiger partial charge in [-0.05, 0) is 65.0 Å². The summed E-state index contributed by atoms with van der Waals surface area (Å²) in [5.41, 5.74) is 0. The minimum atomic E-state index is 0.0722. The Morgan fingerprint density at radius 2 is 1.85 bits per heavy atom. The van der Waals surface area contributed by atoms with E-state index < -0.39 is 0 Å². The third-order valence-corrected chi connectivity index (χ3v) is 5.43. The van der Waals surface area contributed by atoms with E-state index in [0.29, 0.717) is 18.0 Å². The molecule has 0 spiro atoms. The van der Waals surface area contributed by atoms with Crippen LogP contribution in [0, 0.1) is 0 Å². The van der Waals surface area contributed by atoms with Gasteiger partial charge in [-0.25, -0.2) is 0 Å². The fraction of sp³-hybridized carbons (Fsp3) is 0.938. The molecule has 0 aliphatic carbocycles. The summed E-state index contributed by atoms with van der Waals surface area (Å²) in [7, 11) is 0. The standard InChI is InChI=1S/C16H29N3O/c1-13(16(20)18-10-3-2-4-11-18)19-12-6-8-15(19)14-7-5-9-17-14/h13-15,17H,2-12H2,1H3. The highest BCUT2D eigenvalue weighted by molar-refractivity contribution is 5.81. The quantitative estimate of drug-likeness (QED) is 0.852. The van der Waals surface area contributed by atoms with Crippen molar-refractivity contribution < 1.29 is 4.79 Å². The van der Waals surface area contributed by atoms with Crippen LogP contribution >= 0.6 is 0 Å². The average molecular weight is 279 g/mol. The fourth-order valence-corrected chi connectivity index (χ4v) is 4.29. The van der Waals surface area contributed by atoms with Crippen molar-refractivity contribution in [3.8, 4) is 0 Å². The monoisotopic (exact) mass is 279 g/mol. The van der Waals surface area contributed by atoms with Crippen molar-refractivity contribution >= 4 is 5.91 Å². The number of hydrogen-bond donors (Lipinski definition) is 1. The molecule has 3 aliphatic heterocycles. The zero-order valence-corrected chi connectivity index (χ0v) is 12.8. The molecule has 114 valence electrons. The summed E-state index contributed by atoms with van der Waals surface area (Å²) < 4.78 is 0. The molecule has 0 aromatic carbocycles. The molecular formula is C16H29N3O. The van der Waals surface area contributed by atoms with E-state index in [9.17, 15) is 4.79 Å². The summed E-state index contributed by atoms with van der Waals surface area (Å²) in [6, 6.07) is 1.28. The fourth-order valence-electron chi connectivity index (χ4n) is 4.29. The van der Waals surface area contributed by atoms with Crippen LogP contribution in [0.15, 0.2) is 0 Å². The molecule has 1 N–H and O–H groups in total. The maximum absolute atomic E-state index is 12.7. The third-order valence-electron chi connectivity index (χ3n) is 5.43. The molecule has 4 nitrogen and oxygen atoms in total. The van der Waals surface area contributed by atoms with Gasteiger partial charge in [-0.3, -0.25) is 9.69 Å². The van der Waals surface area contributed by atoms with Crippen molar-refractivity contribution in [2.45, 2.75) is 70.0 Å². The molecule has 3 unspecified atom stereocenters. The molecule has 1 amide bonds. The van der Waals surface area contributed by atoms with E-state index in [1.807, 2.05) is 0 Å². The van der Waals surface area contributed by atoms with Crippen molar-refractivity contribution in [1.82, 2.24) is 15.1 Å². The number of carbonyl (C=O) groups excluding carboxylic acids is 1. The summed E-state index contributed by atoms with van der Waals surface area (Å²) in [6.07, 6.45) is 8.75. The van der Waals surface area contributed by atoms with Crippen LogP contribution in [0.3, 0.4) is 0 Å². The lowest BCUT2D eigenvalue weighted by molar-refractivity contribution is -0.137. The van der Waals surface area contributed by atoms with Crippen LogP contribution in [-0.2, 0) is 4.79 Å². The SMILES string of the molecule is CC(C(=O)N1CCCCC1)N1CCCC1C1CCCN1. The lowest BCUT2D eigenvalue weighted by atomic mass is 10.0. The number of hydrogen-bond acceptors (Lipinski definition) is 3.